The molecule has 0 aliphatic carbocycles. The summed E-state index contributed by atoms with van der Waals surface area (Å²) in [5.74, 6) is 1.19. The largest absolute Gasteiger partial charge is 0.493 e. The second kappa shape index (κ2) is 11.0. The fourth-order valence-electron chi connectivity index (χ4n) is 4.13. The molecule has 5 rings (SSSR count). The van der Waals surface area contributed by atoms with E-state index < -0.39 is 0 Å². The molecule has 1 aliphatic heterocycles. The summed E-state index contributed by atoms with van der Waals surface area (Å²) < 4.78 is 13.2. The zero-order valence-electron chi connectivity index (χ0n) is 19.5. The predicted octanol–water partition coefficient (Wildman–Crippen LogP) is 4.53. The zero-order valence-corrected chi connectivity index (χ0v) is 19.5. The molecule has 4 aromatic rings. The van der Waals surface area contributed by atoms with Crippen molar-refractivity contribution in [2.45, 2.75) is 19.5 Å². The molecule has 1 atom stereocenters. The maximum Gasteiger partial charge on any atom is 0.254 e. The lowest BCUT2D eigenvalue weighted by molar-refractivity contribution is 0.0727. The number of rotatable bonds is 9. The van der Waals surface area contributed by atoms with E-state index in [9.17, 15) is 4.79 Å². The van der Waals surface area contributed by atoms with Crippen molar-refractivity contribution in [1.82, 2.24) is 19.7 Å². The van der Waals surface area contributed by atoms with Crippen LogP contribution in [-0.4, -0.2) is 45.4 Å². The molecule has 178 valence electrons. The highest BCUT2D eigenvalue weighted by Crippen LogP contribution is 2.21. The normalized spacial score (nSPS) is 15.1. The van der Waals surface area contributed by atoms with Crippen LogP contribution in [0.1, 0.15) is 28.0 Å². The molecule has 1 aliphatic rings. The van der Waals surface area contributed by atoms with Crippen molar-refractivity contribution in [3.63, 3.8) is 0 Å². The number of aromatic nitrogens is 3. The van der Waals surface area contributed by atoms with E-state index in [0.29, 0.717) is 31.2 Å². The van der Waals surface area contributed by atoms with Gasteiger partial charge in [0.15, 0.2) is 0 Å². The van der Waals surface area contributed by atoms with E-state index in [0.717, 1.165) is 42.3 Å². The fourth-order valence-corrected chi connectivity index (χ4v) is 4.13. The minimum Gasteiger partial charge on any atom is -0.493 e. The van der Waals surface area contributed by atoms with Crippen LogP contribution in [0.15, 0.2) is 91.4 Å². The molecule has 0 spiro atoms. The number of hydrogen-bond donors (Lipinski definition) is 0. The quantitative estimate of drug-likeness (QED) is 0.361. The highest BCUT2D eigenvalue weighted by molar-refractivity contribution is 5.94. The number of ether oxygens (including phenoxy) is 2. The van der Waals surface area contributed by atoms with Crippen LogP contribution in [0.5, 0.6) is 5.75 Å². The van der Waals surface area contributed by atoms with Crippen LogP contribution in [0.3, 0.4) is 0 Å². The molecule has 0 unspecified atom stereocenters. The van der Waals surface area contributed by atoms with Gasteiger partial charge in [-0.25, -0.2) is 4.68 Å². The first-order chi connectivity index (χ1) is 17.2. The minimum atomic E-state index is -0.0582. The molecule has 7 heteroatoms. The third-order valence-corrected chi connectivity index (χ3v) is 6.03. The Labute approximate surface area is 204 Å². The topological polar surface area (TPSA) is 69.5 Å². The van der Waals surface area contributed by atoms with Crippen LogP contribution >= 0.6 is 0 Å². The molecule has 0 saturated carbocycles. The lowest BCUT2D eigenvalue weighted by atomic mass is 10.1. The molecule has 0 N–H and O–H groups in total. The Morgan fingerprint density at radius 1 is 1.03 bits per heavy atom. The van der Waals surface area contributed by atoms with Gasteiger partial charge in [0.05, 0.1) is 31.1 Å². The van der Waals surface area contributed by atoms with Crippen molar-refractivity contribution >= 4 is 5.91 Å². The number of nitrogens with zero attached hydrogens (tertiary/aromatic N) is 4. The molecule has 2 aromatic heterocycles. The zero-order chi connectivity index (χ0) is 23.9. The summed E-state index contributed by atoms with van der Waals surface area (Å²) in [6.45, 7) is 3.06. The van der Waals surface area contributed by atoms with Gasteiger partial charge in [-0.3, -0.25) is 9.78 Å². The summed E-state index contributed by atoms with van der Waals surface area (Å²) in [5.41, 5.74) is 3.36. The summed E-state index contributed by atoms with van der Waals surface area (Å²) >= 11 is 0. The summed E-state index contributed by atoms with van der Waals surface area (Å²) in [4.78, 5) is 19.8. The predicted molar refractivity (Wildman–Crippen MR) is 132 cm³/mol. The smallest absolute Gasteiger partial charge is 0.254 e. The molecule has 3 heterocycles. The van der Waals surface area contributed by atoms with Crippen molar-refractivity contribution in [3.8, 4) is 11.4 Å². The standard InChI is InChI=1S/C28H28N4O3/c33-28(24-8-10-26(11-9-24)32-15-4-14-30-32)31(19-25-6-1-2-13-29-25)18-22-5-3-7-27(17-22)35-21-23-12-16-34-20-23/h1-11,13-15,17,23H,12,16,18-21H2/t23-/m0/s1. The number of amides is 1. The Balaban J connectivity index is 1.33. The average Bonchev–Trinajstić information content (AvgIpc) is 3.63. The Morgan fingerprint density at radius 3 is 2.69 bits per heavy atom. The Hall–Kier alpha value is -3.97. The van der Waals surface area contributed by atoms with Gasteiger partial charge in [-0.1, -0.05) is 18.2 Å². The third-order valence-electron chi connectivity index (χ3n) is 6.03. The van der Waals surface area contributed by atoms with Gasteiger partial charge in [0.25, 0.3) is 5.91 Å². The fraction of sp³-hybridized carbons (Fsp3) is 0.250. The van der Waals surface area contributed by atoms with Gasteiger partial charge in [-0.05, 0) is 66.6 Å². The van der Waals surface area contributed by atoms with Gasteiger partial charge in [-0.15, -0.1) is 0 Å². The van der Waals surface area contributed by atoms with Gasteiger partial charge in [0.2, 0.25) is 0 Å². The molecular weight excluding hydrogens is 440 g/mol. The van der Waals surface area contributed by atoms with Gasteiger partial charge in [0.1, 0.15) is 5.75 Å². The average molecular weight is 469 g/mol. The Bertz CT molecular complexity index is 1220. The van der Waals surface area contributed by atoms with Crippen molar-refractivity contribution in [3.05, 3.63) is 108 Å². The summed E-state index contributed by atoms with van der Waals surface area (Å²) in [6, 6.07) is 23.1. The second-order valence-corrected chi connectivity index (χ2v) is 8.67. The lowest BCUT2D eigenvalue weighted by Gasteiger charge is -2.23. The van der Waals surface area contributed by atoms with Crippen molar-refractivity contribution < 1.29 is 14.3 Å². The number of carbonyl (C=O) groups excluding carboxylic acids is 1. The first-order valence-corrected chi connectivity index (χ1v) is 11.8. The van der Waals surface area contributed by atoms with E-state index in [1.54, 1.807) is 17.1 Å². The molecule has 0 bridgehead atoms. The maximum absolute atomic E-state index is 13.6. The Kier molecular flexibility index (Phi) is 7.15. The highest BCUT2D eigenvalue weighted by atomic mass is 16.5. The molecule has 1 fully saturated rings. The molecule has 1 saturated heterocycles. The van der Waals surface area contributed by atoms with Crippen LogP contribution in [-0.2, 0) is 17.8 Å². The summed E-state index contributed by atoms with van der Waals surface area (Å²) in [6.07, 6.45) is 6.38. The molecule has 0 radical (unpaired) electrons. The molecule has 2 aromatic carbocycles. The number of carbonyl (C=O) groups is 1. The molecule has 35 heavy (non-hydrogen) atoms. The van der Waals surface area contributed by atoms with Gasteiger partial charge in [-0.2, -0.15) is 5.10 Å². The van der Waals surface area contributed by atoms with Crippen LogP contribution < -0.4 is 4.74 Å². The van der Waals surface area contributed by atoms with Crippen LogP contribution in [0.25, 0.3) is 5.69 Å². The lowest BCUT2D eigenvalue weighted by Crippen LogP contribution is -2.30. The van der Waals surface area contributed by atoms with Crippen LogP contribution in [0, 0.1) is 5.92 Å². The van der Waals surface area contributed by atoms with Crippen molar-refractivity contribution in [1.29, 1.82) is 0 Å². The number of pyridine rings is 1. The molecule has 1 amide bonds. The van der Waals surface area contributed by atoms with E-state index in [-0.39, 0.29) is 5.91 Å². The highest BCUT2D eigenvalue weighted by Gasteiger charge is 2.19. The summed E-state index contributed by atoms with van der Waals surface area (Å²) in [7, 11) is 0. The third kappa shape index (κ3) is 5.94. The minimum absolute atomic E-state index is 0.0582. The van der Waals surface area contributed by atoms with Crippen LogP contribution in [0.2, 0.25) is 0 Å². The van der Waals surface area contributed by atoms with Gasteiger partial charge >= 0.3 is 0 Å². The number of benzene rings is 2. The molecular formula is C28H28N4O3. The molecule has 7 nitrogen and oxygen atoms in total. The van der Waals surface area contributed by atoms with E-state index in [1.807, 2.05) is 83.9 Å². The van der Waals surface area contributed by atoms with Crippen LogP contribution in [0.4, 0.5) is 0 Å². The van der Waals surface area contributed by atoms with E-state index >= 15 is 0 Å². The van der Waals surface area contributed by atoms with E-state index in [4.69, 9.17) is 9.47 Å². The second-order valence-electron chi connectivity index (χ2n) is 8.67. The van der Waals surface area contributed by atoms with E-state index in [2.05, 4.69) is 10.1 Å². The maximum atomic E-state index is 13.6. The first kappa shape index (κ1) is 22.8. The Morgan fingerprint density at radius 2 is 1.94 bits per heavy atom. The van der Waals surface area contributed by atoms with E-state index in [1.165, 1.54) is 0 Å². The first-order valence-electron chi connectivity index (χ1n) is 11.8. The number of hydrogen-bond acceptors (Lipinski definition) is 5. The van der Waals surface area contributed by atoms with Gasteiger partial charge in [0, 0.05) is 43.2 Å². The van der Waals surface area contributed by atoms with Crippen molar-refractivity contribution in [2.24, 2.45) is 5.92 Å². The van der Waals surface area contributed by atoms with Gasteiger partial charge < -0.3 is 14.4 Å². The summed E-state index contributed by atoms with van der Waals surface area (Å²) in [5, 5.41) is 4.25. The monoisotopic (exact) mass is 468 g/mol. The SMILES string of the molecule is O=C(c1ccc(-n2cccn2)cc1)N(Cc1cccc(OC[C@H]2CCOC2)c1)Cc1ccccn1. The van der Waals surface area contributed by atoms with Crippen molar-refractivity contribution in [2.75, 3.05) is 19.8 Å².